The number of methoxy groups -OCH3 is 1. The Bertz CT molecular complexity index is 1560. The Morgan fingerprint density at radius 1 is 1.08 bits per heavy atom. The van der Waals surface area contributed by atoms with E-state index in [1.807, 2.05) is 48.5 Å². The van der Waals surface area contributed by atoms with E-state index in [4.69, 9.17) is 9.84 Å². The topological polar surface area (TPSA) is 82.9 Å². The van der Waals surface area contributed by atoms with Crippen LogP contribution in [0.15, 0.2) is 85.6 Å². The number of carbonyl (C=O) groups is 1. The van der Waals surface area contributed by atoms with E-state index >= 15 is 0 Å². The zero-order chi connectivity index (χ0) is 27.1. The Hall–Kier alpha value is -4.00. The Morgan fingerprint density at radius 3 is 2.54 bits per heavy atom. The maximum atomic E-state index is 11.2. The molecule has 2 N–H and O–H groups in total. The van der Waals surface area contributed by atoms with Crippen molar-refractivity contribution in [3.05, 3.63) is 96.7 Å². The fourth-order valence-corrected chi connectivity index (χ4v) is 6.47. The van der Waals surface area contributed by atoms with E-state index in [1.54, 1.807) is 25.4 Å². The van der Waals surface area contributed by atoms with Gasteiger partial charge in [0, 0.05) is 24.2 Å². The van der Waals surface area contributed by atoms with Gasteiger partial charge in [0.2, 0.25) is 0 Å². The van der Waals surface area contributed by atoms with Gasteiger partial charge in [-0.05, 0) is 95.4 Å². The maximum Gasteiger partial charge on any atom is 0.335 e. The number of aromatic nitrogens is 1. The molecule has 3 aromatic carbocycles. The highest BCUT2D eigenvalue weighted by Gasteiger charge is 2.42. The van der Waals surface area contributed by atoms with Crippen LogP contribution in [-0.2, 0) is 0 Å². The molecule has 3 aliphatic heterocycles. The number of aromatic carboxylic acids is 1. The number of fused-ring (bicyclic) bond motifs is 8. The standard InChI is InChI=1S/C20H24N2O2.C13H8O2/c1-3-13-12-22-9-7-14(13)10-19(22)20(23)16-6-8-21-18-5-4-15(24-2)11-17(16)18;14-13(15)8-5-6-11-9-3-1-2-4-10(9)12(11)7-8/h3-6,8,11,13-14,19-20,23H,1,7,9-10,12H2,2H3;1-7H,(H,14,15)/t13-,14-,19-,20+;/m0./s1. The molecule has 4 aromatic rings. The lowest BCUT2D eigenvalue weighted by atomic mass is 9.73. The van der Waals surface area contributed by atoms with Gasteiger partial charge >= 0.3 is 5.97 Å². The van der Waals surface area contributed by atoms with Crippen LogP contribution in [0.5, 0.6) is 5.75 Å². The van der Waals surface area contributed by atoms with Crippen molar-refractivity contribution in [1.82, 2.24) is 9.88 Å². The Balaban J connectivity index is 0.000000158. The summed E-state index contributed by atoms with van der Waals surface area (Å²) in [6.07, 6.45) is 5.62. The van der Waals surface area contributed by atoms with Crippen LogP contribution in [0.25, 0.3) is 33.2 Å². The van der Waals surface area contributed by atoms with Crippen molar-refractivity contribution in [2.45, 2.75) is 25.0 Å². The Labute approximate surface area is 228 Å². The molecule has 39 heavy (non-hydrogen) atoms. The summed E-state index contributed by atoms with van der Waals surface area (Å²) in [4.78, 5) is 17.7. The highest BCUT2D eigenvalue weighted by atomic mass is 16.5. The highest BCUT2D eigenvalue weighted by Crippen LogP contribution is 2.47. The molecule has 0 amide bonds. The fourth-order valence-electron chi connectivity index (χ4n) is 6.47. The lowest BCUT2D eigenvalue weighted by Gasteiger charge is -2.50. The number of aliphatic hydroxyl groups is 1. The van der Waals surface area contributed by atoms with Crippen LogP contribution >= 0.6 is 0 Å². The first kappa shape index (κ1) is 25.3. The van der Waals surface area contributed by atoms with E-state index in [2.05, 4.69) is 28.6 Å². The molecule has 1 unspecified atom stereocenters. The monoisotopic (exact) mass is 520 g/mol. The van der Waals surface area contributed by atoms with E-state index in [-0.39, 0.29) is 6.04 Å². The van der Waals surface area contributed by atoms with Crippen molar-refractivity contribution < 1.29 is 19.7 Å². The summed E-state index contributed by atoms with van der Waals surface area (Å²) in [5.41, 5.74) is 6.75. The number of piperidine rings is 3. The summed E-state index contributed by atoms with van der Waals surface area (Å²) in [5.74, 6) is 1.13. The number of hydrogen-bond donors (Lipinski definition) is 2. The SMILES string of the molecule is C=C[C@H]1CN2CC[C@H]1C[C@H]2[C@H](O)c1ccnc2ccc(OC)cc12.O=C(O)c1ccc2c(c1)-c1ccccc1-2. The Morgan fingerprint density at radius 2 is 1.85 bits per heavy atom. The molecule has 6 heteroatoms. The number of nitrogens with zero attached hydrogens (tertiary/aromatic N) is 2. The first-order valence-corrected chi connectivity index (χ1v) is 13.4. The largest absolute Gasteiger partial charge is 0.497 e. The third-order valence-electron chi connectivity index (χ3n) is 8.59. The van der Waals surface area contributed by atoms with Crippen molar-refractivity contribution in [3.8, 4) is 28.0 Å². The molecule has 0 spiro atoms. The molecule has 4 aliphatic rings. The summed E-state index contributed by atoms with van der Waals surface area (Å²) in [6, 6.07) is 21.3. The molecular formula is C33H32N2O4. The number of carboxylic acids is 1. The van der Waals surface area contributed by atoms with Gasteiger partial charge in [-0.15, -0.1) is 6.58 Å². The maximum absolute atomic E-state index is 11.2. The van der Waals surface area contributed by atoms with Crippen LogP contribution in [0.4, 0.5) is 0 Å². The van der Waals surface area contributed by atoms with Crippen molar-refractivity contribution >= 4 is 16.9 Å². The number of benzene rings is 3. The van der Waals surface area contributed by atoms with E-state index in [0.29, 0.717) is 17.4 Å². The van der Waals surface area contributed by atoms with E-state index in [9.17, 15) is 9.90 Å². The van der Waals surface area contributed by atoms with Crippen molar-refractivity contribution in [3.63, 3.8) is 0 Å². The molecule has 0 radical (unpaired) electrons. The predicted molar refractivity (Wildman–Crippen MR) is 153 cm³/mol. The minimum absolute atomic E-state index is 0.178. The number of pyridine rings is 1. The second kappa shape index (κ2) is 10.3. The average Bonchev–Trinajstić information content (AvgIpc) is 2.99. The zero-order valence-corrected chi connectivity index (χ0v) is 22.0. The normalized spacial score (nSPS) is 22.9. The molecule has 0 saturated carbocycles. The molecule has 1 aromatic heterocycles. The van der Waals surface area contributed by atoms with Gasteiger partial charge in [-0.3, -0.25) is 9.88 Å². The van der Waals surface area contributed by atoms with Crippen LogP contribution in [0, 0.1) is 11.8 Å². The van der Waals surface area contributed by atoms with Crippen LogP contribution in [0.1, 0.15) is 34.9 Å². The third-order valence-corrected chi connectivity index (χ3v) is 8.59. The second-order valence-corrected chi connectivity index (χ2v) is 10.6. The molecule has 3 saturated heterocycles. The van der Waals surface area contributed by atoms with Crippen LogP contribution in [0.3, 0.4) is 0 Å². The van der Waals surface area contributed by atoms with Crippen LogP contribution in [0.2, 0.25) is 0 Å². The van der Waals surface area contributed by atoms with Gasteiger partial charge in [-0.1, -0.05) is 36.4 Å². The summed E-state index contributed by atoms with van der Waals surface area (Å²) < 4.78 is 5.35. The van der Waals surface area contributed by atoms with E-state index in [1.165, 1.54) is 12.0 Å². The lowest BCUT2D eigenvalue weighted by Crippen LogP contribution is -2.54. The summed E-state index contributed by atoms with van der Waals surface area (Å²) in [5, 5.41) is 21.0. The van der Waals surface area contributed by atoms with Gasteiger partial charge in [0.05, 0.1) is 24.3 Å². The number of aliphatic hydroxyl groups excluding tert-OH is 1. The minimum atomic E-state index is -0.873. The predicted octanol–water partition coefficient (Wildman–Crippen LogP) is 6.21. The van der Waals surface area contributed by atoms with E-state index < -0.39 is 12.1 Å². The van der Waals surface area contributed by atoms with Gasteiger partial charge < -0.3 is 14.9 Å². The smallest absolute Gasteiger partial charge is 0.335 e. The van der Waals surface area contributed by atoms with Gasteiger partial charge in [0.25, 0.3) is 0 Å². The number of ether oxygens (including phenoxy) is 1. The molecule has 5 atom stereocenters. The fraction of sp³-hybridized carbons (Fsp3) is 0.273. The van der Waals surface area contributed by atoms with Crippen molar-refractivity contribution in [2.75, 3.05) is 20.2 Å². The minimum Gasteiger partial charge on any atom is -0.497 e. The number of hydrogen-bond acceptors (Lipinski definition) is 5. The summed E-state index contributed by atoms with van der Waals surface area (Å²) in [7, 11) is 1.66. The van der Waals surface area contributed by atoms with Gasteiger partial charge in [0.1, 0.15) is 5.75 Å². The molecule has 3 fully saturated rings. The number of carboxylic acid groups (broad SMARTS) is 1. The third kappa shape index (κ3) is 4.50. The highest BCUT2D eigenvalue weighted by molar-refractivity contribution is 6.04. The average molecular weight is 521 g/mol. The first-order chi connectivity index (χ1) is 19.0. The Kier molecular flexibility index (Phi) is 6.67. The molecular weight excluding hydrogens is 488 g/mol. The van der Waals surface area contributed by atoms with E-state index in [0.717, 1.165) is 58.4 Å². The number of rotatable bonds is 5. The molecule has 4 heterocycles. The zero-order valence-electron chi connectivity index (χ0n) is 22.0. The molecule has 6 nitrogen and oxygen atoms in total. The molecule has 2 bridgehead atoms. The van der Waals surface area contributed by atoms with Gasteiger partial charge in [0.15, 0.2) is 0 Å². The molecule has 198 valence electrons. The summed E-state index contributed by atoms with van der Waals surface area (Å²) in [6.45, 7) is 6.07. The van der Waals surface area contributed by atoms with Crippen molar-refractivity contribution in [1.29, 1.82) is 0 Å². The first-order valence-electron chi connectivity index (χ1n) is 13.4. The van der Waals surface area contributed by atoms with Crippen molar-refractivity contribution in [2.24, 2.45) is 11.8 Å². The van der Waals surface area contributed by atoms with Gasteiger partial charge in [-0.25, -0.2) is 4.79 Å². The summed E-state index contributed by atoms with van der Waals surface area (Å²) >= 11 is 0. The second-order valence-electron chi connectivity index (χ2n) is 10.6. The quantitative estimate of drug-likeness (QED) is 0.268. The van der Waals surface area contributed by atoms with Crippen LogP contribution < -0.4 is 4.74 Å². The lowest BCUT2D eigenvalue weighted by molar-refractivity contribution is -0.0444. The molecule has 1 aliphatic carbocycles. The van der Waals surface area contributed by atoms with Gasteiger partial charge in [-0.2, -0.15) is 0 Å². The van der Waals surface area contributed by atoms with Crippen LogP contribution in [-0.4, -0.2) is 52.3 Å². The molecule has 8 rings (SSSR count).